The summed E-state index contributed by atoms with van der Waals surface area (Å²) in [5, 5.41) is 3.31. The van der Waals surface area contributed by atoms with Crippen molar-refractivity contribution in [1.29, 1.82) is 0 Å². The van der Waals surface area contributed by atoms with Crippen LogP contribution in [0.1, 0.15) is 10.4 Å². The van der Waals surface area contributed by atoms with E-state index in [9.17, 15) is 9.59 Å². The van der Waals surface area contributed by atoms with Crippen LogP contribution < -0.4 is 14.8 Å². The molecule has 0 aliphatic heterocycles. The number of methoxy groups -OCH3 is 2. The lowest BCUT2D eigenvalue weighted by Gasteiger charge is -2.12. The van der Waals surface area contributed by atoms with E-state index in [1.54, 1.807) is 36.4 Å². The van der Waals surface area contributed by atoms with Gasteiger partial charge in [-0.25, -0.2) is 9.78 Å². The molecule has 4 rings (SSSR count). The summed E-state index contributed by atoms with van der Waals surface area (Å²) in [6, 6.07) is 17.5. The molecule has 2 aromatic carbocycles. The number of aromatic nitrogens is 1. The third-order valence-corrected chi connectivity index (χ3v) is 6.03. The van der Waals surface area contributed by atoms with E-state index >= 15 is 0 Å². The zero-order chi connectivity index (χ0) is 23.4. The minimum atomic E-state index is -0.630. The number of pyridine rings is 1. The summed E-state index contributed by atoms with van der Waals surface area (Å²) in [6.45, 7) is -0.467. The molecule has 0 radical (unpaired) electrons. The molecule has 0 aliphatic carbocycles. The zero-order valence-corrected chi connectivity index (χ0v) is 19.3. The highest BCUT2D eigenvalue weighted by Crippen LogP contribution is 2.32. The molecule has 4 aromatic rings. The molecule has 33 heavy (non-hydrogen) atoms. The minimum absolute atomic E-state index is 0.315. The standard InChI is InChI=1S/C24H19ClN2O5S/c1-30-14-7-8-18(20(11-14)31-2)27-23(28)13-32-24(29)16-12-19(21-9-10-22(25)33-21)26-17-6-4-3-5-15(16)17/h3-12H,13H2,1-2H3,(H,27,28). The Kier molecular flexibility index (Phi) is 6.76. The number of anilines is 1. The molecule has 9 heteroatoms. The molecule has 0 spiro atoms. The van der Waals surface area contributed by atoms with Crippen molar-refractivity contribution in [2.75, 3.05) is 26.1 Å². The van der Waals surface area contributed by atoms with Crippen LogP contribution in [0.5, 0.6) is 11.5 Å². The van der Waals surface area contributed by atoms with Gasteiger partial charge in [0.2, 0.25) is 0 Å². The Morgan fingerprint density at radius 3 is 2.58 bits per heavy atom. The van der Waals surface area contributed by atoms with Crippen molar-refractivity contribution in [2.45, 2.75) is 0 Å². The Bertz CT molecular complexity index is 1340. The number of hydrogen-bond donors (Lipinski definition) is 1. The van der Waals surface area contributed by atoms with Gasteiger partial charge < -0.3 is 19.5 Å². The first kappa shape index (κ1) is 22.6. The molecule has 0 bridgehead atoms. The highest BCUT2D eigenvalue weighted by molar-refractivity contribution is 7.19. The smallest absolute Gasteiger partial charge is 0.339 e. The van der Waals surface area contributed by atoms with Crippen LogP contribution in [-0.4, -0.2) is 37.7 Å². The van der Waals surface area contributed by atoms with E-state index in [0.29, 0.717) is 43.7 Å². The summed E-state index contributed by atoms with van der Waals surface area (Å²) in [4.78, 5) is 30.8. The predicted molar refractivity (Wildman–Crippen MR) is 129 cm³/mol. The number of amides is 1. The van der Waals surface area contributed by atoms with E-state index in [0.717, 1.165) is 4.88 Å². The van der Waals surface area contributed by atoms with Gasteiger partial charge in [0.25, 0.3) is 5.91 Å². The van der Waals surface area contributed by atoms with Crippen LogP contribution in [-0.2, 0) is 9.53 Å². The average molecular weight is 483 g/mol. The maximum absolute atomic E-state index is 12.9. The fourth-order valence-corrected chi connectivity index (χ4v) is 4.22. The Hall–Kier alpha value is -3.62. The Balaban J connectivity index is 1.53. The van der Waals surface area contributed by atoms with Crippen molar-refractivity contribution >= 4 is 51.4 Å². The second-order valence-corrected chi connectivity index (χ2v) is 8.58. The Morgan fingerprint density at radius 2 is 1.85 bits per heavy atom. The molecule has 0 saturated carbocycles. The highest BCUT2D eigenvalue weighted by Gasteiger charge is 2.18. The summed E-state index contributed by atoms with van der Waals surface area (Å²) in [7, 11) is 3.02. The van der Waals surface area contributed by atoms with Crippen molar-refractivity contribution < 1.29 is 23.8 Å². The summed E-state index contributed by atoms with van der Waals surface area (Å²) in [6.07, 6.45) is 0. The molecule has 0 fully saturated rings. The van der Waals surface area contributed by atoms with Gasteiger partial charge in [-0.15, -0.1) is 11.3 Å². The van der Waals surface area contributed by atoms with Crippen LogP contribution in [0.15, 0.2) is 60.7 Å². The van der Waals surface area contributed by atoms with Gasteiger partial charge in [-0.2, -0.15) is 0 Å². The summed E-state index contributed by atoms with van der Waals surface area (Å²) in [5.41, 5.74) is 1.99. The molecule has 168 valence electrons. The normalized spacial score (nSPS) is 10.6. The molecular formula is C24H19ClN2O5S. The van der Waals surface area contributed by atoms with Crippen molar-refractivity contribution in [2.24, 2.45) is 0 Å². The van der Waals surface area contributed by atoms with E-state index in [1.807, 2.05) is 24.3 Å². The average Bonchev–Trinajstić information content (AvgIpc) is 3.28. The highest BCUT2D eigenvalue weighted by atomic mass is 35.5. The minimum Gasteiger partial charge on any atom is -0.497 e. The summed E-state index contributed by atoms with van der Waals surface area (Å²) >= 11 is 7.42. The van der Waals surface area contributed by atoms with E-state index in [2.05, 4.69) is 10.3 Å². The SMILES string of the molecule is COc1ccc(NC(=O)COC(=O)c2cc(-c3ccc(Cl)s3)nc3ccccc23)c(OC)c1. The number of hydrogen-bond acceptors (Lipinski definition) is 7. The second kappa shape index (κ2) is 9.89. The molecule has 0 unspecified atom stereocenters. The number of halogens is 1. The van der Waals surface area contributed by atoms with Crippen molar-refractivity contribution in [3.8, 4) is 22.1 Å². The second-order valence-electron chi connectivity index (χ2n) is 6.87. The van der Waals surface area contributed by atoms with Crippen molar-refractivity contribution in [3.63, 3.8) is 0 Å². The van der Waals surface area contributed by atoms with E-state index in [-0.39, 0.29) is 0 Å². The number of para-hydroxylation sites is 1. The number of carbonyl (C=O) groups excluding carboxylic acids is 2. The molecule has 7 nitrogen and oxygen atoms in total. The molecule has 0 atom stereocenters. The lowest BCUT2D eigenvalue weighted by atomic mass is 10.1. The maximum Gasteiger partial charge on any atom is 0.339 e. The summed E-state index contributed by atoms with van der Waals surface area (Å²) < 4.78 is 16.4. The molecule has 1 amide bonds. The van der Waals surface area contributed by atoms with Crippen LogP contribution in [0.25, 0.3) is 21.5 Å². The maximum atomic E-state index is 12.9. The van der Waals surface area contributed by atoms with E-state index in [4.69, 9.17) is 25.8 Å². The monoisotopic (exact) mass is 482 g/mol. The van der Waals surface area contributed by atoms with Gasteiger partial charge in [0.15, 0.2) is 6.61 Å². The fraction of sp³-hybridized carbons (Fsp3) is 0.125. The van der Waals surface area contributed by atoms with Gasteiger partial charge in [0, 0.05) is 11.5 Å². The lowest BCUT2D eigenvalue weighted by Crippen LogP contribution is -2.21. The zero-order valence-electron chi connectivity index (χ0n) is 17.8. The van der Waals surface area contributed by atoms with Gasteiger partial charge in [-0.1, -0.05) is 29.8 Å². The van der Waals surface area contributed by atoms with Gasteiger partial charge in [-0.3, -0.25) is 4.79 Å². The van der Waals surface area contributed by atoms with Gasteiger partial charge in [0.05, 0.1) is 45.9 Å². The first-order valence-corrected chi connectivity index (χ1v) is 11.0. The van der Waals surface area contributed by atoms with Crippen LogP contribution in [0, 0.1) is 0 Å². The number of fused-ring (bicyclic) bond motifs is 1. The predicted octanol–water partition coefficient (Wildman–Crippen LogP) is 5.43. The number of thiophene rings is 1. The topological polar surface area (TPSA) is 86.8 Å². The van der Waals surface area contributed by atoms with E-state index in [1.165, 1.54) is 25.6 Å². The number of ether oxygens (including phenoxy) is 3. The summed E-state index contributed by atoms with van der Waals surface area (Å²) in [5.74, 6) is -0.123. The van der Waals surface area contributed by atoms with Crippen LogP contribution in [0.4, 0.5) is 5.69 Å². The Labute approximate surface area is 198 Å². The number of benzene rings is 2. The molecule has 0 aliphatic rings. The number of esters is 1. The third-order valence-electron chi connectivity index (χ3n) is 4.78. The van der Waals surface area contributed by atoms with E-state index < -0.39 is 18.5 Å². The first-order valence-electron chi connectivity index (χ1n) is 9.83. The van der Waals surface area contributed by atoms with Crippen LogP contribution in [0.3, 0.4) is 0 Å². The molecule has 2 aromatic heterocycles. The molecular weight excluding hydrogens is 464 g/mol. The van der Waals surface area contributed by atoms with Crippen molar-refractivity contribution in [1.82, 2.24) is 4.98 Å². The van der Waals surface area contributed by atoms with Gasteiger partial charge >= 0.3 is 5.97 Å². The molecule has 2 heterocycles. The van der Waals surface area contributed by atoms with Crippen LogP contribution in [0.2, 0.25) is 4.34 Å². The fourth-order valence-electron chi connectivity index (χ4n) is 3.22. The number of carbonyl (C=O) groups is 2. The number of nitrogens with zero attached hydrogens (tertiary/aromatic N) is 1. The number of rotatable bonds is 7. The van der Waals surface area contributed by atoms with Crippen LogP contribution >= 0.6 is 22.9 Å². The van der Waals surface area contributed by atoms with Crippen molar-refractivity contribution in [3.05, 3.63) is 70.6 Å². The largest absolute Gasteiger partial charge is 0.497 e. The van der Waals surface area contributed by atoms with Gasteiger partial charge in [-0.05, 0) is 36.4 Å². The Morgan fingerprint density at radius 1 is 1.03 bits per heavy atom. The quantitative estimate of drug-likeness (QED) is 0.353. The molecule has 0 saturated heterocycles. The number of nitrogens with one attached hydrogen (secondary N) is 1. The third kappa shape index (κ3) is 5.08. The molecule has 1 N–H and O–H groups in total. The van der Waals surface area contributed by atoms with Gasteiger partial charge in [0.1, 0.15) is 11.5 Å². The first-order chi connectivity index (χ1) is 16.0. The lowest BCUT2D eigenvalue weighted by molar-refractivity contribution is -0.119.